The lowest BCUT2D eigenvalue weighted by molar-refractivity contribution is 0.0273. The Morgan fingerprint density at radius 2 is 2.20 bits per heavy atom. The maximum atomic E-state index is 11.9. The predicted octanol–water partition coefficient (Wildman–Crippen LogP) is 3.18. The van der Waals surface area contributed by atoms with E-state index in [4.69, 9.17) is 14.2 Å². The van der Waals surface area contributed by atoms with E-state index in [9.17, 15) is 4.79 Å². The second kappa shape index (κ2) is 6.98. The number of carbonyl (C=O) groups excluding carboxylic acids is 1. The maximum Gasteiger partial charge on any atom is 0.419 e. The van der Waals surface area contributed by atoms with Crippen molar-refractivity contribution in [3.8, 4) is 0 Å². The molecule has 2 fully saturated rings. The average Bonchev–Trinajstić information content (AvgIpc) is 3.02. The minimum atomic E-state index is -0.401. The Labute approximate surface area is 146 Å². The molecule has 4 atom stereocenters. The predicted molar refractivity (Wildman–Crippen MR) is 90.0 cm³/mol. The minimum Gasteiger partial charge on any atom is -0.449 e. The van der Waals surface area contributed by atoms with Crippen LogP contribution in [0, 0.1) is 11.8 Å². The van der Waals surface area contributed by atoms with E-state index in [1.165, 1.54) is 16.5 Å². The van der Waals surface area contributed by atoms with Crippen LogP contribution in [-0.2, 0) is 20.8 Å². The molecule has 0 unspecified atom stereocenters. The summed E-state index contributed by atoms with van der Waals surface area (Å²) in [5, 5.41) is 0. The van der Waals surface area contributed by atoms with Crippen molar-refractivity contribution in [2.24, 2.45) is 11.8 Å². The number of benzene rings is 1. The molecular formula is C19H22N2O4. The van der Waals surface area contributed by atoms with E-state index in [1.54, 1.807) is 13.1 Å². The first-order valence-corrected chi connectivity index (χ1v) is 8.74. The lowest BCUT2D eigenvalue weighted by atomic mass is 10.1. The third-order valence-electron chi connectivity index (χ3n) is 4.94. The monoisotopic (exact) mass is 342 g/mol. The van der Waals surface area contributed by atoms with Crippen LogP contribution < -0.4 is 0 Å². The molecule has 0 spiro atoms. The summed E-state index contributed by atoms with van der Waals surface area (Å²) >= 11 is 0. The second-order valence-electron chi connectivity index (χ2n) is 6.54. The molecular weight excluding hydrogens is 320 g/mol. The van der Waals surface area contributed by atoms with Gasteiger partial charge in [0.05, 0.1) is 37.8 Å². The van der Waals surface area contributed by atoms with Crippen LogP contribution in [0.15, 0.2) is 42.9 Å². The van der Waals surface area contributed by atoms with Gasteiger partial charge in [-0.3, -0.25) is 0 Å². The summed E-state index contributed by atoms with van der Waals surface area (Å²) in [5.74, 6) is 0.963. The highest BCUT2D eigenvalue weighted by Gasteiger charge is 2.58. The smallest absolute Gasteiger partial charge is 0.419 e. The molecule has 6 heteroatoms. The molecule has 0 bridgehead atoms. The van der Waals surface area contributed by atoms with Gasteiger partial charge in [-0.2, -0.15) is 0 Å². The number of fused-ring (bicyclic) bond motifs is 1. The van der Waals surface area contributed by atoms with E-state index in [0.29, 0.717) is 31.7 Å². The van der Waals surface area contributed by atoms with Crippen molar-refractivity contribution < 1.29 is 19.0 Å². The van der Waals surface area contributed by atoms with E-state index in [1.807, 2.05) is 18.2 Å². The van der Waals surface area contributed by atoms with Crippen LogP contribution in [0.5, 0.6) is 0 Å². The summed E-state index contributed by atoms with van der Waals surface area (Å²) in [6, 6.07) is 10.2. The topological polar surface area (TPSA) is 62.6 Å². The molecule has 132 valence electrons. The summed E-state index contributed by atoms with van der Waals surface area (Å²) in [6.45, 7) is 3.48. The van der Waals surface area contributed by atoms with Crippen molar-refractivity contribution in [1.29, 1.82) is 0 Å². The zero-order valence-electron chi connectivity index (χ0n) is 14.2. The van der Waals surface area contributed by atoms with E-state index in [2.05, 4.69) is 17.1 Å². The zero-order chi connectivity index (χ0) is 17.2. The molecule has 1 aromatic carbocycles. The molecule has 0 amide bonds. The van der Waals surface area contributed by atoms with Crippen LogP contribution in [-0.4, -0.2) is 35.0 Å². The van der Waals surface area contributed by atoms with Crippen molar-refractivity contribution in [3.63, 3.8) is 0 Å². The highest BCUT2D eigenvalue weighted by molar-refractivity contribution is 5.71. The van der Waals surface area contributed by atoms with Gasteiger partial charge >= 0.3 is 6.09 Å². The summed E-state index contributed by atoms with van der Waals surface area (Å²) in [4.78, 5) is 16.0. The van der Waals surface area contributed by atoms with Crippen LogP contribution in [0.25, 0.3) is 0 Å². The Bertz CT molecular complexity index is 718. The molecule has 1 aliphatic heterocycles. The van der Waals surface area contributed by atoms with Crippen LogP contribution in [0.2, 0.25) is 0 Å². The summed E-state index contributed by atoms with van der Waals surface area (Å²) in [7, 11) is 0. The molecule has 1 aliphatic carbocycles. The average molecular weight is 342 g/mol. The fourth-order valence-electron chi connectivity index (χ4n) is 3.60. The maximum absolute atomic E-state index is 11.9. The molecule has 0 N–H and O–H groups in total. The summed E-state index contributed by atoms with van der Waals surface area (Å²) < 4.78 is 18.4. The Balaban J connectivity index is 1.27. The molecule has 2 aromatic rings. The molecule has 6 nitrogen and oxygen atoms in total. The number of rotatable bonds is 6. The Morgan fingerprint density at radius 1 is 1.36 bits per heavy atom. The number of hydrogen-bond acceptors (Lipinski definition) is 5. The number of ether oxygens (including phenoxy) is 3. The fraction of sp³-hybridized carbons (Fsp3) is 0.474. The normalized spacial score (nSPS) is 27.1. The van der Waals surface area contributed by atoms with Gasteiger partial charge in [-0.25, -0.2) is 14.3 Å². The Kier molecular flexibility index (Phi) is 4.55. The van der Waals surface area contributed by atoms with E-state index in [-0.39, 0.29) is 12.2 Å². The van der Waals surface area contributed by atoms with Gasteiger partial charge in [0, 0.05) is 5.92 Å². The largest absolute Gasteiger partial charge is 0.449 e. The third kappa shape index (κ3) is 3.32. The lowest BCUT2D eigenvalue weighted by Crippen LogP contribution is -2.18. The number of imidazole rings is 1. The number of nitrogens with zero attached hydrogens (tertiary/aromatic N) is 2. The molecule has 0 radical (unpaired) electrons. The Hall–Kier alpha value is -2.18. The van der Waals surface area contributed by atoms with E-state index >= 15 is 0 Å². The molecule has 1 saturated carbocycles. The second-order valence-corrected chi connectivity index (χ2v) is 6.54. The molecule has 1 saturated heterocycles. The van der Waals surface area contributed by atoms with Crippen molar-refractivity contribution in [3.05, 3.63) is 54.1 Å². The van der Waals surface area contributed by atoms with Crippen LogP contribution >= 0.6 is 0 Å². The molecule has 2 aliphatic rings. The molecule has 1 aromatic heterocycles. The third-order valence-corrected chi connectivity index (χ3v) is 4.94. The van der Waals surface area contributed by atoms with Gasteiger partial charge in [0.2, 0.25) is 0 Å². The van der Waals surface area contributed by atoms with E-state index < -0.39 is 6.09 Å². The highest BCUT2D eigenvalue weighted by Crippen LogP contribution is 2.56. The van der Waals surface area contributed by atoms with Crippen LogP contribution in [0.3, 0.4) is 0 Å². The number of hydrogen-bond donors (Lipinski definition) is 0. The van der Waals surface area contributed by atoms with Crippen LogP contribution in [0.4, 0.5) is 4.79 Å². The zero-order valence-corrected chi connectivity index (χ0v) is 14.2. The Morgan fingerprint density at radius 3 is 2.92 bits per heavy atom. The first kappa shape index (κ1) is 16.3. The molecule has 4 rings (SSSR count). The quantitative estimate of drug-likeness (QED) is 0.807. The first-order chi connectivity index (χ1) is 12.3. The first-order valence-electron chi connectivity index (χ1n) is 8.74. The standard InChI is InChI=1S/C19H22N2O4/c1-2-24-19(22)21-12-20-9-16(21)17-8-14-15(18(14)25-17)11-23-10-13-6-4-3-5-7-13/h3-7,9,12,14-15,17-18H,2,8,10-11H2,1H3/t14-,15-,17+,18-/m0/s1. The summed E-state index contributed by atoms with van der Waals surface area (Å²) in [5.41, 5.74) is 1.96. The van der Waals surface area contributed by atoms with Crippen molar-refractivity contribution in [2.75, 3.05) is 13.2 Å². The molecule has 2 heterocycles. The van der Waals surface area contributed by atoms with Gasteiger partial charge in [-0.15, -0.1) is 0 Å². The highest BCUT2D eigenvalue weighted by atomic mass is 16.6. The summed E-state index contributed by atoms with van der Waals surface area (Å²) in [6.07, 6.45) is 3.81. The van der Waals surface area contributed by atoms with E-state index in [0.717, 1.165) is 12.1 Å². The lowest BCUT2D eigenvalue weighted by Gasteiger charge is -2.16. The van der Waals surface area contributed by atoms with Crippen molar-refractivity contribution in [1.82, 2.24) is 9.55 Å². The number of aromatic nitrogens is 2. The van der Waals surface area contributed by atoms with Gasteiger partial charge in [0.15, 0.2) is 0 Å². The van der Waals surface area contributed by atoms with Gasteiger partial charge in [0.25, 0.3) is 0 Å². The van der Waals surface area contributed by atoms with Gasteiger partial charge < -0.3 is 14.2 Å². The van der Waals surface area contributed by atoms with Crippen molar-refractivity contribution in [2.45, 2.75) is 32.2 Å². The van der Waals surface area contributed by atoms with Gasteiger partial charge in [-0.05, 0) is 24.8 Å². The van der Waals surface area contributed by atoms with Crippen LogP contribution in [0.1, 0.15) is 30.7 Å². The SMILES string of the molecule is CCOC(=O)n1cncc1[C@H]1C[C@H]2[C@H](COCc3ccccc3)[C@H]2O1. The number of carbonyl (C=O) groups is 1. The van der Waals surface area contributed by atoms with Gasteiger partial charge in [-0.1, -0.05) is 30.3 Å². The van der Waals surface area contributed by atoms with Crippen molar-refractivity contribution >= 4 is 6.09 Å². The molecule has 25 heavy (non-hydrogen) atoms. The fourth-order valence-corrected chi connectivity index (χ4v) is 3.60. The van der Waals surface area contributed by atoms with Gasteiger partial charge in [0.1, 0.15) is 12.4 Å². The minimum absolute atomic E-state index is 0.0905.